The van der Waals surface area contributed by atoms with Gasteiger partial charge in [0.05, 0.1) is 5.69 Å². The maximum Gasteiger partial charge on any atom is 0.153 e. The highest BCUT2D eigenvalue weighted by molar-refractivity contribution is 9.10. The zero-order valence-corrected chi connectivity index (χ0v) is 5.75. The molecule has 0 radical (unpaired) electrons. The topological polar surface area (TPSA) is 51.6 Å². The van der Waals surface area contributed by atoms with E-state index in [1.165, 1.54) is 0 Å². The van der Waals surface area contributed by atoms with Crippen LogP contribution in [0.15, 0.2) is 4.60 Å². The summed E-state index contributed by atoms with van der Waals surface area (Å²) in [7, 11) is 0. The summed E-state index contributed by atoms with van der Waals surface area (Å²) in [5.74, 6) is 0. The molecule has 0 aromatic carbocycles. The molecule has 0 saturated heterocycles. The number of hydrogen-bond donors (Lipinski definition) is 0. The molecule has 0 amide bonds. The van der Waals surface area contributed by atoms with E-state index in [1.54, 1.807) is 6.92 Å². The summed E-state index contributed by atoms with van der Waals surface area (Å²) < 4.78 is 0.646. The fourth-order valence-electron chi connectivity index (χ4n) is 0.260. The molecule has 0 aliphatic rings. The van der Waals surface area contributed by atoms with Gasteiger partial charge in [0.2, 0.25) is 0 Å². The zero-order chi connectivity index (χ0) is 5.98. The molecule has 8 heavy (non-hydrogen) atoms. The van der Waals surface area contributed by atoms with Crippen molar-refractivity contribution in [2.75, 3.05) is 0 Å². The Bertz CT molecular complexity index is 167. The maximum absolute atomic E-state index is 3.61. The van der Waals surface area contributed by atoms with Crippen molar-refractivity contribution in [3.63, 3.8) is 0 Å². The highest BCUT2D eigenvalue weighted by atomic mass is 79.9. The van der Waals surface area contributed by atoms with Gasteiger partial charge in [0.15, 0.2) is 4.60 Å². The Hall–Kier alpha value is -0.580. The smallest absolute Gasteiger partial charge is 0.131 e. The molecule has 0 spiro atoms. The Labute approximate surface area is 54.4 Å². The average Bonchev–Trinajstić information content (AvgIpc) is 1.77. The summed E-state index contributed by atoms with van der Waals surface area (Å²) in [5.41, 5.74) is 0.750. The van der Waals surface area contributed by atoms with E-state index in [2.05, 4.69) is 36.6 Å². The van der Waals surface area contributed by atoms with E-state index in [0.29, 0.717) is 4.60 Å². The second-order valence-electron chi connectivity index (χ2n) is 1.26. The van der Waals surface area contributed by atoms with Gasteiger partial charge in [-0.3, -0.25) is 0 Å². The first-order valence-corrected chi connectivity index (χ1v) is 2.78. The van der Waals surface area contributed by atoms with Gasteiger partial charge < -0.3 is 0 Å². The van der Waals surface area contributed by atoms with Crippen molar-refractivity contribution in [1.82, 2.24) is 20.6 Å². The fourth-order valence-corrected chi connectivity index (χ4v) is 0.410. The highest BCUT2D eigenvalue weighted by Gasteiger charge is 1.92. The maximum atomic E-state index is 3.61. The van der Waals surface area contributed by atoms with Crippen molar-refractivity contribution in [1.29, 1.82) is 0 Å². The van der Waals surface area contributed by atoms with Gasteiger partial charge in [-0.15, -0.1) is 10.2 Å². The Morgan fingerprint density at radius 3 is 2.25 bits per heavy atom. The Morgan fingerprint density at radius 1 is 1.25 bits per heavy atom. The van der Waals surface area contributed by atoms with Crippen molar-refractivity contribution in [2.24, 2.45) is 0 Å². The van der Waals surface area contributed by atoms with Crippen LogP contribution in [0, 0.1) is 6.92 Å². The Morgan fingerprint density at radius 2 is 1.88 bits per heavy atom. The lowest BCUT2D eigenvalue weighted by atomic mass is 10.6. The molecule has 42 valence electrons. The molecule has 0 atom stereocenters. The van der Waals surface area contributed by atoms with Crippen LogP contribution in [0.4, 0.5) is 0 Å². The fraction of sp³-hybridized carbons (Fsp3) is 0.333. The molecule has 1 aromatic rings. The molecule has 0 aliphatic heterocycles. The van der Waals surface area contributed by atoms with Crippen molar-refractivity contribution in [3.05, 3.63) is 10.3 Å². The molecule has 0 fully saturated rings. The second-order valence-corrected chi connectivity index (χ2v) is 2.01. The van der Waals surface area contributed by atoms with Gasteiger partial charge in [0.25, 0.3) is 0 Å². The van der Waals surface area contributed by atoms with Gasteiger partial charge in [0, 0.05) is 0 Å². The number of rotatable bonds is 0. The van der Waals surface area contributed by atoms with Crippen LogP contribution in [0.5, 0.6) is 0 Å². The molecule has 0 saturated carbocycles. The second kappa shape index (κ2) is 2.13. The van der Waals surface area contributed by atoms with Crippen LogP contribution in [0.1, 0.15) is 5.69 Å². The van der Waals surface area contributed by atoms with Crippen LogP contribution < -0.4 is 0 Å². The van der Waals surface area contributed by atoms with Gasteiger partial charge in [0.1, 0.15) is 0 Å². The Balaban J connectivity index is 3.13. The van der Waals surface area contributed by atoms with Crippen LogP contribution in [0.25, 0.3) is 0 Å². The molecule has 1 aromatic heterocycles. The van der Waals surface area contributed by atoms with Gasteiger partial charge in [-0.2, -0.15) is 0 Å². The largest absolute Gasteiger partial charge is 0.153 e. The first kappa shape index (κ1) is 5.55. The summed E-state index contributed by atoms with van der Waals surface area (Å²) in [5, 5.41) is 13.8. The van der Waals surface area contributed by atoms with Crippen LogP contribution in [-0.2, 0) is 0 Å². The highest BCUT2D eigenvalue weighted by Crippen LogP contribution is 2.03. The average molecular weight is 175 g/mol. The molecule has 1 rings (SSSR count). The van der Waals surface area contributed by atoms with E-state index < -0.39 is 0 Å². The number of halogens is 1. The molecule has 0 unspecified atom stereocenters. The summed E-state index contributed by atoms with van der Waals surface area (Å²) in [6.45, 7) is 1.80. The molecular formula is C3H3BrN4. The third-order valence-corrected chi connectivity index (χ3v) is 1.40. The first-order chi connectivity index (χ1) is 3.80. The van der Waals surface area contributed by atoms with E-state index in [0.717, 1.165) is 5.69 Å². The lowest BCUT2D eigenvalue weighted by Gasteiger charge is -1.86. The van der Waals surface area contributed by atoms with Crippen LogP contribution in [0.3, 0.4) is 0 Å². The minimum absolute atomic E-state index is 0.646. The molecule has 4 nitrogen and oxygen atoms in total. The van der Waals surface area contributed by atoms with E-state index >= 15 is 0 Å². The molecular weight excluding hydrogens is 172 g/mol. The van der Waals surface area contributed by atoms with Crippen molar-refractivity contribution in [3.8, 4) is 0 Å². The van der Waals surface area contributed by atoms with Crippen LogP contribution >= 0.6 is 15.9 Å². The molecule has 0 N–H and O–H groups in total. The van der Waals surface area contributed by atoms with E-state index in [9.17, 15) is 0 Å². The normalized spacial score (nSPS) is 9.25. The van der Waals surface area contributed by atoms with Crippen molar-refractivity contribution < 1.29 is 0 Å². The predicted octanol–water partition coefficient (Wildman–Crippen LogP) is 0.338. The predicted molar refractivity (Wildman–Crippen MR) is 30.1 cm³/mol. The molecule has 0 aliphatic carbocycles. The minimum atomic E-state index is 0.646. The number of nitrogens with zero attached hydrogens (tertiary/aromatic N) is 4. The molecule has 5 heteroatoms. The van der Waals surface area contributed by atoms with Crippen LogP contribution in [0.2, 0.25) is 0 Å². The minimum Gasteiger partial charge on any atom is -0.131 e. The van der Waals surface area contributed by atoms with Gasteiger partial charge in [-0.05, 0) is 33.3 Å². The standard InChI is InChI=1S/C3H3BrN4/c1-2-3(4)6-8-7-5-2/h1H3. The van der Waals surface area contributed by atoms with Crippen LogP contribution in [-0.4, -0.2) is 20.6 Å². The monoisotopic (exact) mass is 174 g/mol. The van der Waals surface area contributed by atoms with E-state index in [-0.39, 0.29) is 0 Å². The SMILES string of the molecule is Cc1nnnnc1Br. The lowest BCUT2D eigenvalue weighted by Crippen LogP contribution is -1.94. The number of aromatic nitrogens is 4. The van der Waals surface area contributed by atoms with Crippen molar-refractivity contribution >= 4 is 15.9 Å². The Kier molecular flexibility index (Phi) is 1.48. The summed E-state index contributed by atoms with van der Waals surface area (Å²) in [4.78, 5) is 0. The third kappa shape index (κ3) is 0.975. The zero-order valence-electron chi connectivity index (χ0n) is 4.17. The summed E-state index contributed by atoms with van der Waals surface area (Å²) in [6.07, 6.45) is 0. The third-order valence-electron chi connectivity index (χ3n) is 0.666. The summed E-state index contributed by atoms with van der Waals surface area (Å²) >= 11 is 3.12. The summed E-state index contributed by atoms with van der Waals surface area (Å²) in [6, 6.07) is 0. The first-order valence-electron chi connectivity index (χ1n) is 1.99. The van der Waals surface area contributed by atoms with Crippen molar-refractivity contribution in [2.45, 2.75) is 6.92 Å². The van der Waals surface area contributed by atoms with Gasteiger partial charge in [-0.1, -0.05) is 0 Å². The molecule has 1 heterocycles. The lowest BCUT2D eigenvalue weighted by molar-refractivity contribution is 0.729. The van der Waals surface area contributed by atoms with Gasteiger partial charge >= 0.3 is 0 Å². The van der Waals surface area contributed by atoms with E-state index in [1.807, 2.05) is 0 Å². The van der Waals surface area contributed by atoms with E-state index in [4.69, 9.17) is 0 Å². The van der Waals surface area contributed by atoms with Gasteiger partial charge in [-0.25, -0.2) is 0 Å². The number of hydrogen-bond acceptors (Lipinski definition) is 4. The quantitative estimate of drug-likeness (QED) is 0.570. The molecule has 0 bridgehead atoms. The number of aryl methyl sites for hydroxylation is 1.